The monoisotopic (exact) mass is 262 g/mol. The number of hydrogen-bond acceptors (Lipinski definition) is 6. The third-order valence-corrected chi connectivity index (χ3v) is 2.22. The molecule has 0 saturated carbocycles. The smallest absolute Gasteiger partial charge is 0.383 e. The van der Waals surface area contributed by atoms with Crippen LogP contribution in [0, 0.1) is 0 Å². The highest BCUT2D eigenvalue weighted by molar-refractivity contribution is 5.89. The van der Waals surface area contributed by atoms with Crippen molar-refractivity contribution in [2.75, 3.05) is 0 Å². The number of hydrogen-bond donors (Lipinski definition) is 0. The minimum Gasteiger partial charge on any atom is -0.422 e. The summed E-state index contributed by atoms with van der Waals surface area (Å²) in [5, 5.41) is 0.369. The largest absolute Gasteiger partial charge is 0.422 e. The molecule has 1 aromatic heterocycles. The summed E-state index contributed by atoms with van der Waals surface area (Å²) in [4.78, 5) is 33.8. The molecule has 2 aromatic rings. The van der Waals surface area contributed by atoms with Crippen LogP contribution < -0.4 is 15.1 Å². The molecule has 6 heteroatoms. The molecule has 0 bridgehead atoms. The molecule has 19 heavy (non-hydrogen) atoms. The number of esters is 2. The van der Waals surface area contributed by atoms with Crippen molar-refractivity contribution in [3.8, 4) is 11.5 Å². The molecule has 98 valence electrons. The molecule has 0 saturated heterocycles. The Morgan fingerprint density at radius 2 is 1.58 bits per heavy atom. The summed E-state index contributed by atoms with van der Waals surface area (Å²) in [6.45, 7) is 2.31. The van der Waals surface area contributed by atoms with Crippen molar-refractivity contribution in [1.82, 2.24) is 0 Å². The lowest BCUT2D eigenvalue weighted by Crippen LogP contribution is -2.14. The zero-order valence-corrected chi connectivity index (χ0v) is 10.3. The Labute approximate surface area is 107 Å². The lowest BCUT2D eigenvalue weighted by atomic mass is 10.2. The number of carbonyl (C=O) groups excluding carboxylic acids is 2. The third-order valence-electron chi connectivity index (χ3n) is 2.22. The minimum atomic E-state index is -0.884. The van der Waals surface area contributed by atoms with Gasteiger partial charge in [0.2, 0.25) is 0 Å². The molecule has 0 N–H and O–H groups in total. The second-order valence-electron chi connectivity index (χ2n) is 3.73. The van der Waals surface area contributed by atoms with E-state index in [0.29, 0.717) is 5.39 Å². The third kappa shape index (κ3) is 2.62. The van der Waals surface area contributed by atoms with Gasteiger partial charge in [0.15, 0.2) is 5.75 Å². The van der Waals surface area contributed by atoms with E-state index in [1.165, 1.54) is 6.92 Å². The van der Waals surface area contributed by atoms with Crippen molar-refractivity contribution < 1.29 is 23.5 Å². The van der Waals surface area contributed by atoms with Gasteiger partial charge in [0.05, 0.1) is 5.39 Å². The molecule has 2 rings (SSSR count). The highest BCUT2D eigenvalue weighted by atomic mass is 16.6. The summed E-state index contributed by atoms with van der Waals surface area (Å²) in [6, 6.07) is 6.46. The zero-order chi connectivity index (χ0) is 14.0. The van der Waals surface area contributed by atoms with Gasteiger partial charge in [-0.05, 0) is 12.1 Å². The first-order valence-corrected chi connectivity index (χ1v) is 5.41. The Bertz CT molecular complexity index is 713. The number of para-hydroxylation sites is 1. The fourth-order valence-electron chi connectivity index (χ4n) is 1.58. The first kappa shape index (κ1) is 12.8. The van der Waals surface area contributed by atoms with Crippen LogP contribution in [0.1, 0.15) is 13.8 Å². The summed E-state index contributed by atoms with van der Waals surface area (Å²) in [5.74, 6) is -1.89. The quantitative estimate of drug-likeness (QED) is 0.604. The maximum absolute atomic E-state index is 11.7. The Morgan fingerprint density at radius 1 is 1.00 bits per heavy atom. The van der Waals surface area contributed by atoms with Crippen LogP contribution in [0.3, 0.4) is 0 Å². The van der Waals surface area contributed by atoms with Gasteiger partial charge in [-0.1, -0.05) is 12.1 Å². The number of fused-ring (bicyclic) bond motifs is 1. The molecule has 0 aliphatic heterocycles. The molecule has 0 fully saturated rings. The van der Waals surface area contributed by atoms with Crippen LogP contribution in [-0.4, -0.2) is 11.9 Å². The van der Waals surface area contributed by atoms with E-state index in [1.807, 2.05) is 0 Å². The molecule has 6 nitrogen and oxygen atoms in total. The fourth-order valence-corrected chi connectivity index (χ4v) is 1.58. The number of rotatable bonds is 2. The predicted octanol–water partition coefficient (Wildman–Crippen LogP) is 1.64. The van der Waals surface area contributed by atoms with E-state index in [0.717, 1.165) is 6.92 Å². The lowest BCUT2D eigenvalue weighted by Gasteiger charge is -2.09. The molecule has 0 unspecified atom stereocenters. The molecule has 0 amide bonds. The lowest BCUT2D eigenvalue weighted by molar-refractivity contribution is -0.134. The first-order valence-electron chi connectivity index (χ1n) is 5.41. The Kier molecular flexibility index (Phi) is 3.33. The molecule has 1 aromatic carbocycles. The van der Waals surface area contributed by atoms with Gasteiger partial charge in [0.25, 0.3) is 5.75 Å². The molecular formula is C13H10O6. The van der Waals surface area contributed by atoms with Gasteiger partial charge in [-0.15, -0.1) is 0 Å². The molecule has 0 radical (unpaired) electrons. The fraction of sp³-hybridized carbons (Fsp3) is 0.154. The normalized spacial score (nSPS) is 10.2. The Hall–Kier alpha value is -2.63. The van der Waals surface area contributed by atoms with E-state index in [9.17, 15) is 14.4 Å². The van der Waals surface area contributed by atoms with Crippen LogP contribution in [0.4, 0.5) is 0 Å². The van der Waals surface area contributed by atoms with E-state index in [1.54, 1.807) is 24.3 Å². The maximum Gasteiger partial charge on any atom is 0.383 e. The molecule has 0 spiro atoms. The van der Waals surface area contributed by atoms with Crippen molar-refractivity contribution in [1.29, 1.82) is 0 Å². The summed E-state index contributed by atoms with van der Waals surface area (Å²) in [7, 11) is 0. The topological polar surface area (TPSA) is 82.8 Å². The van der Waals surface area contributed by atoms with E-state index >= 15 is 0 Å². The average Bonchev–Trinajstić information content (AvgIpc) is 2.32. The average molecular weight is 262 g/mol. The van der Waals surface area contributed by atoms with E-state index in [4.69, 9.17) is 13.9 Å². The standard InChI is InChI=1S/C13H10O6/c1-7(14)17-11-9-5-3-4-6-10(9)19-13(16)12(11)18-8(2)15/h3-6H,1-2H3. The van der Waals surface area contributed by atoms with Crippen LogP contribution in [0.5, 0.6) is 11.5 Å². The highest BCUT2D eigenvalue weighted by Crippen LogP contribution is 2.32. The number of ether oxygens (including phenoxy) is 2. The Balaban J connectivity index is 2.77. The highest BCUT2D eigenvalue weighted by Gasteiger charge is 2.20. The van der Waals surface area contributed by atoms with Gasteiger partial charge >= 0.3 is 17.6 Å². The second-order valence-corrected chi connectivity index (χ2v) is 3.73. The maximum atomic E-state index is 11.7. The van der Waals surface area contributed by atoms with Gasteiger partial charge in [-0.2, -0.15) is 0 Å². The summed E-state index contributed by atoms with van der Waals surface area (Å²) >= 11 is 0. The second kappa shape index (κ2) is 4.93. The zero-order valence-electron chi connectivity index (χ0n) is 10.3. The van der Waals surface area contributed by atoms with Crippen LogP contribution in [0.15, 0.2) is 33.5 Å². The Morgan fingerprint density at radius 3 is 2.21 bits per heavy atom. The molecule has 0 aliphatic carbocycles. The van der Waals surface area contributed by atoms with Crippen LogP contribution in [-0.2, 0) is 9.59 Å². The van der Waals surface area contributed by atoms with Gasteiger partial charge in [0, 0.05) is 13.8 Å². The number of carbonyl (C=O) groups is 2. The van der Waals surface area contributed by atoms with Gasteiger partial charge in [-0.25, -0.2) is 4.79 Å². The SMILES string of the molecule is CC(=O)Oc1c(OC(C)=O)c2ccccc2oc1=O. The van der Waals surface area contributed by atoms with Crippen molar-refractivity contribution in [2.45, 2.75) is 13.8 Å². The van der Waals surface area contributed by atoms with Gasteiger partial charge in [-0.3, -0.25) is 9.59 Å². The first-order chi connectivity index (χ1) is 8.99. The summed E-state index contributed by atoms with van der Waals surface area (Å²) < 4.78 is 14.7. The molecular weight excluding hydrogens is 252 g/mol. The van der Waals surface area contributed by atoms with Crippen molar-refractivity contribution in [2.24, 2.45) is 0 Å². The van der Waals surface area contributed by atoms with Crippen molar-refractivity contribution in [3.05, 3.63) is 34.7 Å². The van der Waals surface area contributed by atoms with Crippen LogP contribution in [0.25, 0.3) is 11.0 Å². The van der Waals surface area contributed by atoms with Crippen LogP contribution >= 0.6 is 0 Å². The molecule has 0 aliphatic rings. The molecule has 0 atom stereocenters. The molecule has 1 heterocycles. The summed E-state index contributed by atoms with van der Waals surface area (Å²) in [6.07, 6.45) is 0. The number of benzene rings is 1. The van der Waals surface area contributed by atoms with Gasteiger partial charge in [0.1, 0.15) is 5.58 Å². The van der Waals surface area contributed by atoms with E-state index in [2.05, 4.69) is 0 Å². The van der Waals surface area contributed by atoms with Crippen molar-refractivity contribution in [3.63, 3.8) is 0 Å². The summed E-state index contributed by atoms with van der Waals surface area (Å²) in [5.41, 5.74) is -0.648. The minimum absolute atomic E-state index is 0.116. The van der Waals surface area contributed by atoms with Crippen molar-refractivity contribution >= 4 is 22.9 Å². The van der Waals surface area contributed by atoms with Crippen LogP contribution in [0.2, 0.25) is 0 Å². The predicted molar refractivity (Wildman–Crippen MR) is 65.1 cm³/mol. The van der Waals surface area contributed by atoms with Gasteiger partial charge < -0.3 is 13.9 Å². The van der Waals surface area contributed by atoms with E-state index in [-0.39, 0.29) is 11.3 Å². The van der Waals surface area contributed by atoms with E-state index < -0.39 is 23.3 Å².